The number of nitriles is 2. The van der Waals surface area contributed by atoms with Gasteiger partial charge in [0.2, 0.25) is 5.91 Å². The van der Waals surface area contributed by atoms with Gasteiger partial charge in [-0.2, -0.15) is 10.5 Å². The van der Waals surface area contributed by atoms with Crippen LogP contribution in [0.2, 0.25) is 0 Å². The van der Waals surface area contributed by atoms with Crippen molar-refractivity contribution in [1.82, 2.24) is 4.90 Å². The third-order valence-electron chi connectivity index (χ3n) is 4.98. The van der Waals surface area contributed by atoms with Crippen molar-refractivity contribution in [3.63, 3.8) is 0 Å². The van der Waals surface area contributed by atoms with Crippen LogP contribution in [0.3, 0.4) is 0 Å². The summed E-state index contributed by atoms with van der Waals surface area (Å²) in [6, 6.07) is 4.57. The van der Waals surface area contributed by atoms with E-state index >= 15 is 0 Å². The van der Waals surface area contributed by atoms with Crippen LogP contribution < -0.4 is 0 Å². The van der Waals surface area contributed by atoms with Crippen molar-refractivity contribution in [3.05, 3.63) is 10.6 Å². The van der Waals surface area contributed by atoms with Crippen LogP contribution in [-0.4, -0.2) is 23.1 Å². The number of rotatable bonds is 0. The molecule has 1 saturated heterocycles. The summed E-state index contributed by atoms with van der Waals surface area (Å²) in [5.74, 6) is 0.694. The summed E-state index contributed by atoms with van der Waals surface area (Å²) in [6.45, 7) is 2.84. The van der Waals surface area contributed by atoms with Crippen molar-refractivity contribution >= 4 is 17.7 Å². The van der Waals surface area contributed by atoms with Gasteiger partial charge in [0.15, 0.2) is 0 Å². The fourth-order valence-corrected chi connectivity index (χ4v) is 4.93. The monoisotopic (exact) mass is 287 g/mol. The second-order valence-electron chi connectivity index (χ2n) is 6.03. The first-order valence-electron chi connectivity index (χ1n) is 7.12. The Kier molecular flexibility index (Phi) is 3.26. The molecule has 2 aliphatic heterocycles. The van der Waals surface area contributed by atoms with Crippen LogP contribution in [0.1, 0.15) is 32.6 Å². The fourth-order valence-electron chi connectivity index (χ4n) is 3.73. The smallest absolute Gasteiger partial charge is 0.245 e. The fraction of sp³-hybridized carbons (Fsp3) is 0.667. The second-order valence-corrected chi connectivity index (χ2v) is 7.11. The Morgan fingerprint density at radius 3 is 2.65 bits per heavy atom. The molecule has 2 heterocycles. The van der Waals surface area contributed by atoms with Crippen LogP contribution in [-0.2, 0) is 4.79 Å². The van der Waals surface area contributed by atoms with Crippen LogP contribution in [0.5, 0.6) is 0 Å². The summed E-state index contributed by atoms with van der Waals surface area (Å²) in [5.41, 5.74) is 0.189. The minimum absolute atomic E-state index is 0.0824. The van der Waals surface area contributed by atoms with Crippen LogP contribution in [0.4, 0.5) is 0 Å². The van der Waals surface area contributed by atoms with Crippen molar-refractivity contribution in [2.75, 3.05) is 12.3 Å². The van der Waals surface area contributed by atoms with Crippen molar-refractivity contribution < 1.29 is 4.79 Å². The van der Waals surface area contributed by atoms with E-state index in [9.17, 15) is 15.3 Å². The summed E-state index contributed by atoms with van der Waals surface area (Å²) in [6.07, 6.45) is 3.57. The summed E-state index contributed by atoms with van der Waals surface area (Å²) in [4.78, 5) is 14.3. The third-order valence-corrected chi connectivity index (χ3v) is 6.07. The number of hydrogen-bond acceptors (Lipinski definition) is 4. The van der Waals surface area contributed by atoms with Crippen LogP contribution in [0.15, 0.2) is 10.6 Å². The average molecular weight is 287 g/mol. The van der Waals surface area contributed by atoms with Crippen molar-refractivity contribution in [2.24, 2.45) is 17.3 Å². The molecular weight excluding hydrogens is 270 g/mol. The normalized spacial score (nSPS) is 36.8. The Morgan fingerprint density at radius 2 is 2.05 bits per heavy atom. The van der Waals surface area contributed by atoms with E-state index in [-0.39, 0.29) is 5.91 Å². The number of fused-ring (bicyclic) bond motifs is 1. The van der Waals surface area contributed by atoms with Crippen LogP contribution in [0.25, 0.3) is 0 Å². The van der Waals surface area contributed by atoms with E-state index in [2.05, 4.69) is 19.1 Å². The lowest BCUT2D eigenvalue weighted by atomic mass is 9.59. The maximum atomic E-state index is 12.6. The molecule has 1 atom stereocenters. The first-order chi connectivity index (χ1) is 9.64. The first-order valence-corrected chi connectivity index (χ1v) is 8.11. The van der Waals surface area contributed by atoms with Gasteiger partial charge in [0, 0.05) is 17.7 Å². The van der Waals surface area contributed by atoms with Crippen LogP contribution in [0, 0.1) is 39.9 Å². The maximum absolute atomic E-state index is 12.6. The van der Waals surface area contributed by atoms with Crippen LogP contribution >= 0.6 is 11.8 Å². The third kappa shape index (κ3) is 1.70. The molecule has 5 heteroatoms. The molecule has 104 valence electrons. The summed E-state index contributed by atoms with van der Waals surface area (Å²) in [7, 11) is 0. The van der Waals surface area contributed by atoms with Gasteiger partial charge < -0.3 is 4.90 Å². The van der Waals surface area contributed by atoms with Gasteiger partial charge in [0.05, 0.1) is 22.7 Å². The molecule has 3 aliphatic rings. The molecule has 3 rings (SSSR count). The largest absolute Gasteiger partial charge is 0.304 e. The molecule has 0 radical (unpaired) electrons. The minimum Gasteiger partial charge on any atom is -0.304 e. The Bertz CT molecular complexity index is 561. The SMILES string of the molecule is CC1CCC2(CC1)C(C#N)=C1SCCN1C(=O)[C@H]2C#N. The van der Waals surface area contributed by atoms with E-state index in [1.807, 2.05) is 0 Å². The standard InChI is InChI=1S/C15H17N3OS/c1-10-2-4-15(5-3-10)11(8-16)13(19)18-6-7-20-14(18)12(15)9-17/h10-11H,2-7H2,1H3/t10?,11-,15?/m1/s1. The number of hydrogen-bond donors (Lipinski definition) is 0. The molecule has 1 saturated carbocycles. The first kappa shape index (κ1) is 13.5. The van der Waals surface area contributed by atoms with E-state index in [0.717, 1.165) is 36.5 Å². The second kappa shape index (κ2) is 4.82. The predicted molar refractivity (Wildman–Crippen MR) is 76.0 cm³/mol. The topological polar surface area (TPSA) is 67.9 Å². The Morgan fingerprint density at radius 1 is 1.35 bits per heavy atom. The molecule has 1 spiro atoms. The molecule has 0 N–H and O–H groups in total. The highest BCUT2D eigenvalue weighted by Gasteiger charge is 2.55. The minimum atomic E-state index is -0.674. The van der Waals surface area contributed by atoms with Gasteiger partial charge in [0.1, 0.15) is 5.92 Å². The predicted octanol–water partition coefficient (Wildman–Crippen LogP) is 2.65. The molecule has 20 heavy (non-hydrogen) atoms. The zero-order chi connectivity index (χ0) is 14.3. The Hall–Kier alpha value is -1.46. The maximum Gasteiger partial charge on any atom is 0.245 e. The zero-order valence-electron chi connectivity index (χ0n) is 11.6. The van der Waals surface area contributed by atoms with E-state index in [0.29, 0.717) is 18.0 Å². The quantitative estimate of drug-likeness (QED) is 0.687. The van der Waals surface area contributed by atoms with E-state index < -0.39 is 11.3 Å². The Balaban J connectivity index is 2.14. The van der Waals surface area contributed by atoms with Crippen molar-refractivity contribution in [1.29, 1.82) is 10.5 Å². The number of thioether (sulfide) groups is 1. The molecular formula is C15H17N3OS. The van der Waals surface area contributed by atoms with E-state index in [4.69, 9.17) is 0 Å². The molecule has 0 aromatic rings. The molecule has 0 bridgehead atoms. The van der Waals surface area contributed by atoms with E-state index in [1.165, 1.54) is 0 Å². The zero-order valence-corrected chi connectivity index (χ0v) is 12.4. The molecule has 0 aromatic carbocycles. The van der Waals surface area contributed by atoms with Gasteiger partial charge in [-0.05, 0) is 31.6 Å². The lowest BCUT2D eigenvalue weighted by Crippen LogP contribution is -2.49. The molecule has 0 aromatic heterocycles. The average Bonchev–Trinajstić information content (AvgIpc) is 2.92. The van der Waals surface area contributed by atoms with Gasteiger partial charge in [-0.1, -0.05) is 6.92 Å². The lowest BCUT2D eigenvalue weighted by molar-refractivity contribution is -0.136. The summed E-state index contributed by atoms with van der Waals surface area (Å²) in [5, 5.41) is 20.0. The van der Waals surface area contributed by atoms with Gasteiger partial charge >= 0.3 is 0 Å². The number of amides is 1. The number of allylic oxidation sites excluding steroid dienone is 1. The highest BCUT2D eigenvalue weighted by Crippen LogP contribution is 2.56. The summed E-state index contributed by atoms with van der Waals surface area (Å²) >= 11 is 1.60. The Labute approximate surface area is 123 Å². The van der Waals surface area contributed by atoms with Crippen molar-refractivity contribution in [2.45, 2.75) is 32.6 Å². The number of nitrogens with zero attached hydrogens (tertiary/aromatic N) is 3. The highest BCUT2D eigenvalue weighted by atomic mass is 32.2. The molecule has 2 fully saturated rings. The van der Waals surface area contributed by atoms with Crippen molar-refractivity contribution in [3.8, 4) is 12.1 Å². The molecule has 1 aliphatic carbocycles. The molecule has 0 unspecified atom stereocenters. The number of carbonyl (C=O) groups excluding carboxylic acids is 1. The number of carbonyl (C=O) groups is 1. The van der Waals surface area contributed by atoms with Gasteiger partial charge in [-0.3, -0.25) is 4.79 Å². The molecule has 4 nitrogen and oxygen atoms in total. The van der Waals surface area contributed by atoms with E-state index in [1.54, 1.807) is 16.7 Å². The lowest BCUT2D eigenvalue weighted by Gasteiger charge is -2.46. The highest BCUT2D eigenvalue weighted by molar-refractivity contribution is 8.03. The molecule has 1 amide bonds. The van der Waals surface area contributed by atoms with Gasteiger partial charge in [-0.15, -0.1) is 11.8 Å². The van der Waals surface area contributed by atoms with Gasteiger partial charge in [0.25, 0.3) is 0 Å². The summed E-state index contributed by atoms with van der Waals surface area (Å²) < 4.78 is 0. The van der Waals surface area contributed by atoms with Gasteiger partial charge in [-0.25, -0.2) is 0 Å².